The van der Waals surface area contributed by atoms with E-state index < -0.39 is 11.9 Å². The fourth-order valence-electron chi connectivity index (χ4n) is 3.26. The number of carboxylic acids is 2. The zero-order valence-electron chi connectivity index (χ0n) is 16.3. The molecule has 1 aromatic carbocycles. The fourth-order valence-corrected chi connectivity index (χ4v) is 4.15. The van der Waals surface area contributed by atoms with E-state index in [0.29, 0.717) is 13.0 Å². The monoisotopic (exact) mass is 412 g/mol. The van der Waals surface area contributed by atoms with Gasteiger partial charge in [0.1, 0.15) is 5.82 Å². The lowest BCUT2D eigenvalue weighted by atomic mass is 10.1. The van der Waals surface area contributed by atoms with E-state index in [1.54, 1.807) is 23.5 Å². The number of aliphatic carboxylic acids is 1. The number of carbonyl (C=O) groups is 2. The van der Waals surface area contributed by atoms with Crippen molar-refractivity contribution < 1.29 is 19.8 Å². The molecule has 0 spiro atoms. The second kappa shape index (κ2) is 9.52. The van der Waals surface area contributed by atoms with Crippen LogP contribution >= 0.6 is 11.3 Å². The van der Waals surface area contributed by atoms with Gasteiger partial charge < -0.3 is 14.8 Å². The highest BCUT2D eigenvalue weighted by atomic mass is 32.1. The summed E-state index contributed by atoms with van der Waals surface area (Å²) in [5.74, 6) is -0.760. The van der Waals surface area contributed by atoms with Gasteiger partial charge >= 0.3 is 11.9 Å². The molecule has 2 aromatic heterocycles. The van der Waals surface area contributed by atoms with Crippen molar-refractivity contribution in [2.45, 2.75) is 45.6 Å². The highest BCUT2D eigenvalue weighted by Gasteiger charge is 2.17. The van der Waals surface area contributed by atoms with Crippen LogP contribution in [0.5, 0.6) is 0 Å². The van der Waals surface area contributed by atoms with Gasteiger partial charge in [-0.2, -0.15) is 0 Å². The molecule has 0 radical (unpaired) electrons. The summed E-state index contributed by atoms with van der Waals surface area (Å²) in [6.07, 6.45) is 5.41. The number of hydrogen-bond acceptors (Lipinski definition) is 4. The summed E-state index contributed by atoms with van der Waals surface area (Å²) in [7, 11) is 0. The SMILES string of the molecule is CCCCc1ncc(-c2ccsc2CCC(=O)O)n1Cc1ccc(C(=O)O)cc1. The van der Waals surface area contributed by atoms with Crippen molar-refractivity contribution >= 4 is 23.3 Å². The van der Waals surface area contributed by atoms with E-state index in [2.05, 4.69) is 16.5 Å². The lowest BCUT2D eigenvalue weighted by Gasteiger charge is -2.13. The lowest BCUT2D eigenvalue weighted by molar-refractivity contribution is -0.136. The summed E-state index contributed by atoms with van der Waals surface area (Å²) in [5, 5.41) is 20.1. The molecule has 0 saturated carbocycles. The summed E-state index contributed by atoms with van der Waals surface area (Å²) in [4.78, 5) is 27.8. The molecule has 0 aliphatic carbocycles. The number of aromatic nitrogens is 2. The van der Waals surface area contributed by atoms with Crippen molar-refractivity contribution in [3.63, 3.8) is 0 Å². The number of aromatic carboxylic acids is 1. The van der Waals surface area contributed by atoms with Crippen LogP contribution in [0.1, 0.15) is 52.8 Å². The third-order valence-electron chi connectivity index (χ3n) is 4.82. The first-order valence-corrected chi connectivity index (χ1v) is 10.5. The second-order valence-corrected chi connectivity index (χ2v) is 7.90. The highest BCUT2D eigenvalue weighted by molar-refractivity contribution is 7.10. The van der Waals surface area contributed by atoms with Gasteiger partial charge in [-0.05, 0) is 42.0 Å². The molecule has 6 nitrogen and oxygen atoms in total. The second-order valence-electron chi connectivity index (χ2n) is 6.90. The average Bonchev–Trinajstić information content (AvgIpc) is 3.31. The molecule has 7 heteroatoms. The van der Waals surface area contributed by atoms with Gasteiger partial charge in [0.15, 0.2) is 0 Å². The van der Waals surface area contributed by atoms with Gasteiger partial charge in [0.05, 0.1) is 23.9 Å². The van der Waals surface area contributed by atoms with E-state index in [1.807, 2.05) is 29.8 Å². The summed E-state index contributed by atoms with van der Waals surface area (Å²) >= 11 is 1.56. The number of thiophene rings is 1. The molecule has 2 N–H and O–H groups in total. The van der Waals surface area contributed by atoms with Crippen LogP contribution in [0.4, 0.5) is 0 Å². The number of carboxylic acid groups (broad SMARTS) is 2. The molecule has 3 aromatic rings. The normalized spacial score (nSPS) is 10.9. The number of aryl methyl sites for hydroxylation is 2. The third-order valence-corrected chi connectivity index (χ3v) is 5.80. The predicted octanol–water partition coefficient (Wildman–Crippen LogP) is 4.72. The standard InChI is InChI=1S/C22H24N2O4S/c1-2-3-4-20-23-13-18(17-11-12-29-19(17)9-10-21(25)26)24(20)14-15-5-7-16(8-6-15)22(27)28/h5-8,11-13H,2-4,9-10,14H2,1H3,(H,25,26)(H,27,28). The van der Waals surface area contributed by atoms with Crippen LogP contribution in [-0.4, -0.2) is 31.7 Å². The van der Waals surface area contributed by atoms with E-state index in [1.165, 1.54) is 0 Å². The zero-order valence-corrected chi connectivity index (χ0v) is 17.1. The van der Waals surface area contributed by atoms with Gasteiger partial charge in [-0.25, -0.2) is 9.78 Å². The van der Waals surface area contributed by atoms with E-state index in [-0.39, 0.29) is 12.0 Å². The van der Waals surface area contributed by atoms with Crippen LogP contribution in [0.15, 0.2) is 41.9 Å². The first kappa shape index (κ1) is 20.8. The number of unbranched alkanes of at least 4 members (excludes halogenated alkanes) is 1. The zero-order chi connectivity index (χ0) is 20.8. The maximum atomic E-state index is 11.1. The molecular formula is C22H24N2O4S. The van der Waals surface area contributed by atoms with Gasteiger partial charge in [0.25, 0.3) is 0 Å². The molecular weight excluding hydrogens is 388 g/mol. The molecule has 0 amide bonds. The number of imidazole rings is 1. The first-order chi connectivity index (χ1) is 14.0. The van der Waals surface area contributed by atoms with Gasteiger partial charge in [0.2, 0.25) is 0 Å². The molecule has 3 rings (SSSR count). The summed E-state index contributed by atoms with van der Waals surface area (Å²) in [5.41, 5.74) is 3.25. The Kier molecular flexibility index (Phi) is 6.82. The number of hydrogen-bond donors (Lipinski definition) is 2. The van der Waals surface area contributed by atoms with Gasteiger partial charge in [-0.1, -0.05) is 25.5 Å². The van der Waals surface area contributed by atoms with E-state index in [4.69, 9.17) is 10.2 Å². The Morgan fingerprint density at radius 3 is 2.52 bits per heavy atom. The quantitative estimate of drug-likeness (QED) is 0.503. The highest BCUT2D eigenvalue weighted by Crippen LogP contribution is 2.31. The smallest absolute Gasteiger partial charge is 0.335 e. The first-order valence-electron chi connectivity index (χ1n) is 9.64. The Labute approximate surface area is 173 Å². The van der Waals surface area contributed by atoms with Crippen molar-refractivity contribution in [3.8, 4) is 11.3 Å². The maximum Gasteiger partial charge on any atom is 0.335 e. The predicted molar refractivity (Wildman–Crippen MR) is 113 cm³/mol. The van der Waals surface area contributed by atoms with Crippen molar-refractivity contribution in [3.05, 3.63) is 63.7 Å². The van der Waals surface area contributed by atoms with Crippen LogP contribution in [-0.2, 0) is 24.2 Å². The average molecular weight is 413 g/mol. The Bertz CT molecular complexity index is 989. The molecule has 0 aliphatic rings. The number of benzene rings is 1. The van der Waals surface area contributed by atoms with Crippen molar-refractivity contribution in [2.24, 2.45) is 0 Å². The van der Waals surface area contributed by atoms with Crippen molar-refractivity contribution in [2.75, 3.05) is 0 Å². The van der Waals surface area contributed by atoms with Crippen LogP contribution < -0.4 is 0 Å². The summed E-state index contributed by atoms with van der Waals surface area (Å²) in [6.45, 7) is 2.73. The number of nitrogens with zero attached hydrogens (tertiary/aromatic N) is 2. The van der Waals surface area contributed by atoms with Crippen molar-refractivity contribution in [1.29, 1.82) is 0 Å². The Morgan fingerprint density at radius 1 is 1.10 bits per heavy atom. The molecule has 0 unspecified atom stereocenters. The molecule has 29 heavy (non-hydrogen) atoms. The molecule has 0 saturated heterocycles. The fraction of sp³-hybridized carbons (Fsp3) is 0.318. The molecule has 2 heterocycles. The summed E-state index contributed by atoms with van der Waals surface area (Å²) in [6, 6.07) is 8.91. The molecule has 0 aliphatic heterocycles. The maximum absolute atomic E-state index is 11.1. The van der Waals surface area contributed by atoms with Crippen molar-refractivity contribution in [1.82, 2.24) is 9.55 Å². The topological polar surface area (TPSA) is 92.4 Å². The third kappa shape index (κ3) is 5.12. The minimum Gasteiger partial charge on any atom is -0.481 e. The molecule has 0 atom stereocenters. The van der Waals surface area contributed by atoms with Crippen LogP contribution in [0, 0.1) is 0 Å². The molecule has 0 bridgehead atoms. The van der Waals surface area contributed by atoms with Gasteiger partial charge in [-0.15, -0.1) is 11.3 Å². The molecule has 0 fully saturated rings. The lowest BCUT2D eigenvalue weighted by Crippen LogP contribution is -2.08. The van der Waals surface area contributed by atoms with Crippen LogP contribution in [0.25, 0.3) is 11.3 Å². The van der Waals surface area contributed by atoms with E-state index in [9.17, 15) is 9.59 Å². The minimum absolute atomic E-state index is 0.0982. The minimum atomic E-state index is -0.940. The largest absolute Gasteiger partial charge is 0.481 e. The molecule has 152 valence electrons. The van der Waals surface area contributed by atoms with Crippen LogP contribution in [0.2, 0.25) is 0 Å². The van der Waals surface area contributed by atoms with Gasteiger partial charge in [-0.3, -0.25) is 4.79 Å². The Morgan fingerprint density at radius 2 is 1.86 bits per heavy atom. The number of rotatable bonds is 10. The Hall–Kier alpha value is -2.93. The van der Waals surface area contributed by atoms with E-state index >= 15 is 0 Å². The Balaban J connectivity index is 1.94. The van der Waals surface area contributed by atoms with E-state index in [0.717, 1.165) is 46.8 Å². The van der Waals surface area contributed by atoms with Gasteiger partial charge in [0, 0.05) is 23.4 Å². The summed E-state index contributed by atoms with van der Waals surface area (Å²) < 4.78 is 2.16. The van der Waals surface area contributed by atoms with Crippen LogP contribution in [0.3, 0.4) is 0 Å².